The SMILES string of the molecule is O=C(NCCCC(=O)N1CCC(n2c(=O)[nH]c3ccccc32)CC1)OCc1ccccc1. The minimum atomic E-state index is -0.480. The molecule has 8 heteroatoms. The summed E-state index contributed by atoms with van der Waals surface area (Å²) >= 11 is 0. The van der Waals surface area contributed by atoms with Crippen LogP contribution in [0.1, 0.15) is 37.3 Å². The molecule has 1 aromatic heterocycles. The lowest BCUT2D eigenvalue weighted by atomic mass is 10.0. The first kappa shape index (κ1) is 21.7. The first-order valence-corrected chi connectivity index (χ1v) is 11.0. The van der Waals surface area contributed by atoms with Crippen LogP contribution in [-0.4, -0.2) is 46.1 Å². The van der Waals surface area contributed by atoms with Crippen molar-refractivity contribution in [3.8, 4) is 0 Å². The van der Waals surface area contributed by atoms with Gasteiger partial charge in [0.15, 0.2) is 0 Å². The minimum Gasteiger partial charge on any atom is -0.445 e. The topological polar surface area (TPSA) is 96.4 Å². The van der Waals surface area contributed by atoms with Crippen molar-refractivity contribution in [1.82, 2.24) is 19.8 Å². The van der Waals surface area contributed by atoms with Crippen LogP contribution in [0.25, 0.3) is 11.0 Å². The zero-order valence-corrected chi connectivity index (χ0v) is 18.0. The van der Waals surface area contributed by atoms with Gasteiger partial charge in [0.05, 0.1) is 11.0 Å². The van der Waals surface area contributed by atoms with Crippen LogP contribution in [0.4, 0.5) is 4.79 Å². The number of nitrogens with zero attached hydrogens (tertiary/aromatic N) is 2. The summed E-state index contributed by atoms with van der Waals surface area (Å²) in [6, 6.07) is 17.2. The highest BCUT2D eigenvalue weighted by molar-refractivity contribution is 5.77. The smallest absolute Gasteiger partial charge is 0.407 e. The van der Waals surface area contributed by atoms with E-state index in [-0.39, 0.29) is 24.2 Å². The van der Waals surface area contributed by atoms with Gasteiger partial charge in [-0.05, 0) is 37.0 Å². The number of aromatic amines is 1. The lowest BCUT2D eigenvalue weighted by molar-refractivity contribution is -0.132. The van der Waals surface area contributed by atoms with Crippen molar-refractivity contribution < 1.29 is 14.3 Å². The second-order valence-corrected chi connectivity index (χ2v) is 8.02. The van der Waals surface area contributed by atoms with Crippen LogP contribution in [-0.2, 0) is 16.1 Å². The summed E-state index contributed by atoms with van der Waals surface area (Å²) in [6.07, 6.45) is 1.94. The van der Waals surface area contributed by atoms with Gasteiger partial charge in [-0.15, -0.1) is 0 Å². The highest BCUT2D eigenvalue weighted by Gasteiger charge is 2.25. The van der Waals surface area contributed by atoms with Crippen molar-refractivity contribution in [1.29, 1.82) is 0 Å². The fourth-order valence-corrected chi connectivity index (χ4v) is 4.17. The first-order valence-electron chi connectivity index (χ1n) is 11.0. The standard InChI is InChI=1S/C24H28N4O4/c29-22(11-6-14-25-24(31)32-17-18-7-2-1-3-8-18)27-15-12-19(13-16-27)28-21-10-5-4-9-20(21)26-23(28)30/h1-5,7-10,19H,6,11-17H2,(H,25,31)(H,26,30). The maximum Gasteiger partial charge on any atom is 0.407 e. The molecule has 0 spiro atoms. The molecular weight excluding hydrogens is 408 g/mol. The van der Waals surface area contributed by atoms with Crippen molar-refractivity contribution in [2.75, 3.05) is 19.6 Å². The van der Waals surface area contributed by atoms with E-state index >= 15 is 0 Å². The molecule has 2 amide bonds. The van der Waals surface area contributed by atoms with E-state index in [1.807, 2.05) is 64.1 Å². The number of nitrogens with one attached hydrogen (secondary N) is 2. The zero-order chi connectivity index (χ0) is 22.3. The molecular formula is C24H28N4O4. The van der Waals surface area contributed by atoms with Gasteiger partial charge in [-0.3, -0.25) is 9.36 Å². The number of piperidine rings is 1. The molecule has 8 nitrogen and oxygen atoms in total. The van der Waals surface area contributed by atoms with E-state index < -0.39 is 6.09 Å². The number of imidazole rings is 1. The number of aromatic nitrogens is 2. The van der Waals surface area contributed by atoms with Crippen molar-refractivity contribution in [3.63, 3.8) is 0 Å². The Hall–Kier alpha value is -3.55. The highest BCUT2D eigenvalue weighted by atomic mass is 16.5. The largest absolute Gasteiger partial charge is 0.445 e. The number of benzene rings is 2. The molecule has 0 saturated carbocycles. The third kappa shape index (κ3) is 5.19. The van der Waals surface area contributed by atoms with Crippen LogP contribution in [0.2, 0.25) is 0 Å². The second kappa shape index (κ2) is 10.2. The number of hydrogen-bond acceptors (Lipinski definition) is 4. The normalized spacial score (nSPS) is 14.4. The van der Waals surface area contributed by atoms with Gasteiger partial charge in [0, 0.05) is 32.1 Å². The van der Waals surface area contributed by atoms with Crippen LogP contribution in [0.5, 0.6) is 0 Å². The van der Waals surface area contributed by atoms with E-state index in [0.29, 0.717) is 32.5 Å². The highest BCUT2D eigenvalue weighted by Crippen LogP contribution is 2.25. The summed E-state index contributed by atoms with van der Waals surface area (Å²) in [7, 11) is 0. The first-order chi connectivity index (χ1) is 15.6. The fraction of sp³-hybridized carbons (Fsp3) is 0.375. The molecule has 0 atom stereocenters. The minimum absolute atomic E-state index is 0.0779. The lowest BCUT2D eigenvalue weighted by Crippen LogP contribution is -2.40. The number of alkyl carbamates (subject to hydrolysis) is 1. The Morgan fingerprint density at radius 1 is 1.03 bits per heavy atom. The maximum absolute atomic E-state index is 12.5. The van der Waals surface area contributed by atoms with Crippen molar-refractivity contribution in [2.24, 2.45) is 0 Å². The van der Waals surface area contributed by atoms with Crippen molar-refractivity contribution >= 4 is 23.0 Å². The second-order valence-electron chi connectivity index (χ2n) is 8.02. The van der Waals surface area contributed by atoms with Gasteiger partial charge in [-0.1, -0.05) is 42.5 Å². The van der Waals surface area contributed by atoms with Gasteiger partial charge in [0.25, 0.3) is 0 Å². The number of hydrogen-bond donors (Lipinski definition) is 2. The van der Waals surface area contributed by atoms with E-state index in [1.165, 1.54) is 0 Å². The fourth-order valence-electron chi connectivity index (χ4n) is 4.17. The van der Waals surface area contributed by atoms with Crippen LogP contribution in [0, 0.1) is 0 Å². The van der Waals surface area contributed by atoms with Crippen LogP contribution >= 0.6 is 0 Å². The molecule has 0 radical (unpaired) electrons. The van der Waals surface area contributed by atoms with Gasteiger partial charge in [-0.2, -0.15) is 0 Å². The van der Waals surface area contributed by atoms with E-state index in [9.17, 15) is 14.4 Å². The molecule has 2 N–H and O–H groups in total. The molecule has 0 bridgehead atoms. The van der Waals surface area contributed by atoms with Crippen LogP contribution in [0.15, 0.2) is 59.4 Å². The average Bonchev–Trinajstić information content (AvgIpc) is 3.16. The quantitative estimate of drug-likeness (QED) is 0.556. The zero-order valence-electron chi connectivity index (χ0n) is 18.0. The molecule has 1 aliphatic heterocycles. The number of carbonyl (C=O) groups is 2. The molecule has 2 heterocycles. The average molecular weight is 437 g/mol. The maximum atomic E-state index is 12.5. The van der Waals surface area contributed by atoms with Gasteiger partial charge in [0.2, 0.25) is 5.91 Å². The Bertz CT molecular complexity index is 1110. The monoisotopic (exact) mass is 436 g/mol. The summed E-state index contributed by atoms with van der Waals surface area (Å²) in [6.45, 7) is 1.87. The number of ether oxygens (including phenoxy) is 1. The molecule has 2 aromatic carbocycles. The number of amides is 2. The summed E-state index contributed by atoms with van der Waals surface area (Å²) in [4.78, 5) is 41.5. The number of carbonyl (C=O) groups excluding carboxylic acids is 2. The Labute approximate surface area is 186 Å². The number of likely N-dealkylation sites (tertiary alicyclic amines) is 1. The van der Waals surface area contributed by atoms with E-state index in [0.717, 1.165) is 29.4 Å². The summed E-state index contributed by atoms with van der Waals surface area (Å²) in [5, 5.41) is 2.69. The molecule has 32 heavy (non-hydrogen) atoms. The Morgan fingerprint density at radius 3 is 2.53 bits per heavy atom. The van der Waals surface area contributed by atoms with Gasteiger partial charge < -0.3 is 19.9 Å². The molecule has 0 unspecified atom stereocenters. The van der Waals surface area contributed by atoms with Gasteiger partial charge in [0.1, 0.15) is 6.61 Å². The Balaban J connectivity index is 1.17. The van der Waals surface area contributed by atoms with Gasteiger partial charge >= 0.3 is 11.8 Å². The number of rotatable bonds is 7. The molecule has 3 aromatic rings. The Morgan fingerprint density at radius 2 is 1.75 bits per heavy atom. The molecule has 1 fully saturated rings. The molecule has 4 rings (SSSR count). The van der Waals surface area contributed by atoms with Crippen molar-refractivity contribution in [3.05, 3.63) is 70.6 Å². The van der Waals surface area contributed by atoms with Crippen LogP contribution < -0.4 is 11.0 Å². The summed E-state index contributed by atoms with van der Waals surface area (Å²) in [5.74, 6) is 0.0779. The predicted molar refractivity (Wildman–Crippen MR) is 121 cm³/mol. The van der Waals surface area contributed by atoms with E-state index in [1.54, 1.807) is 0 Å². The molecule has 1 saturated heterocycles. The third-order valence-corrected chi connectivity index (χ3v) is 5.86. The Kier molecular flexibility index (Phi) is 6.89. The van der Waals surface area contributed by atoms with Crippen LogP contribution in [0.3, 0.4) is 0 Å². The molecule has 168 valence electrons. The third-order valence-electron chi connectivity index (χ3n) is 5.86. The molecule has 1 aliphatic rings. The number of fused-ring (bicyclic) bond motifs is 1. The number of H-pyrrole nitrogens is 1. The summed E-state index contributed by atoms with van der Waals surface area (Å²) in [5.41, 5.74) is 2.58. The van der Waals surface area contributed by atoms with Gasteiger partial charge in [-0.25, -0.2) is 9.59 Å². The molecule has 0 aliphatic carbocycles. The summed E-state index contributed by atoms with van der Waals surface area (Å²) < 4.78 is 6.98. The lowest BCUT2D eigenvalue weighted by Gasteiger charge is -2.32. The van der Waals surface area contributed by atoms with E-state index in [2.05, 4.69) is 10.3 Å². The van der Waals surface area contributed by atoms with E-state index in [4.69, 9.17) is 4.74 Å². The number of para-hydroxylation sites is 2. The van der Waals surface area contributed by atoms with Crippen molar-refractivity contribution in [2.45, 2.75) is 38.3 Å². The predicted octanol–water partition coefficient (Wildman–Crippen LogP) is 3.20.